The number of carbonyl (C=O) groups is 2. The minimum absolute atomic E-state index is 0.0305. The van der Waals surface area contributed by atoms with Crippen molar-refractivity contribution >= 4 is 35.0 Å². The molecule has 1 fully saturated rings. The smallest absolute Gasteiger partial charge is 0.229 e. The molecule has 0 aliphatic carbocycles. The predicted molar refractivity (Wildman–Crippen MR) is 100 cm³/mol. The van der Waals surface area contributed by atoms with Crippen molar-refractivity contribution in [2.24, 2.45) is 5.92 Å². The molecular formula is C19H20N2O3S. The molecule has 0 saturated carbocycles. The Labute approximate surface area is 151 Å². The molecule has 2 aromatic carbocycles. The lowest BCUT2D eigenvalue weighted by molar-refractivity contribution is -0.122. The van der Waals surface area contributed by atoms with Gasteiger partial charge in [-0.25, -0.2) is 0 Å². The van der Waals surface area contributed by atoms with E-state index < -0.39 is 0 Å². The van der Waals surface area contributed by atoms with E-state index in [1.54, 1.807) is 35.9 Å². The number of carbonyl (C=O) groups excluding carboxylic acids is 2. The molecule has 1 unspecified atom stereocenters. The van der Waals surface area contributed by atoms with Gasteiger partial charge in [-0.05, 0) is 42.7 Å². The van der Waals surface area contributed by atoms with Crippen LogP contribution in [0.15, 0.2) is 53.4 Å². The van der Waals surface area contributed by atoms with Crippen LogP contribution in [0.1, 0.15) is 6.42 Å². The van der Waals surface area contributed by atoms with Crippen LogP contribution in [0, 0.1) is 5.92 Å². The lowest BCUT2D eigenvalue weighted by Gasteiger charge is -2.17. The number of rotatable bonds is 5. The summed E-state index contributed by atoms with van der Waals surface area (Å²) in [5.41, 5.74) is 1.45. The summed E-state index contributed by atoms with van der Waals surface area (Å²) >= 11 is 1.65. The lowest BCUT2D eigenvalue weighted by atomic mass is 10.1. The van der Waals surface area contributed by atoms with Gasteiger partial charge < -0.3 is 15.0 Å². The van der Waals surface area contributed by atoms with Gasteiger partial charge >= 0.3 is 0 Å². The molecule has 0 aromatic heterocycles. The number of nitrogens with zero attached hydrogens (tertiary/aromatic N) is 1. The van der Waals surface area contributed by atoms with Crippen LogP contribution in [0.2, 0.25) is 0 Å². The number of thioether (sulfide) groups is 1. The van der Waals surface area contributed by atoms with E-state index in [4.69, 9.17) is 4.74 Å². The van der Waals surface area contributed by atoms with Gasteiger partial charge in [0.15, 0.2) is 0 Å². The van der Waals surface area contributed by atoms with Gasteiger partial charge in [0, 0.05) is 23.5 Å². The maximum atomic E-state index is 12.6. The van der Waals surface area contributed by atoms with Gasteiger partial charge in [-0.15, -0.1) is 11.8 Å². The maximum Gasteiger partial charge on any atom is 0.229 e. The van der Waals surface area contributed by atoms with Crippen LogP contribution in [0.5, 0.6) is 5.75 Å². The highest BCUT2D eigenvalue weighted by molar-refractivity contribution is 7.98. The number of hydrogen-bond acceptors (Lipinski definition) is 4. The number of benzene rings is 2. The standard InChI is InChI=1S/C19H20N2O3S/c1-24-17-6-4-3-5-16(17)20-19(23)13-11-18(22)21(12-13)14-7-9-15(25-2)10-8-14/h3-10,13H,11-12H2,1-2H3,(H,20,23). The van der Waals surface area contributed by atoms with Gasteiger partial charge in [-0.1, -0.05) is 12.1 Å². The second kappa shape index (κ2) is 7.61. The molecule has 0 spiro atoms. The Hall–Kier alpha value is -2.47. The van der Waals surface area contributed by atoms with Gasteiger partial charge in [0.1, 0.15) is 5.75 Å². The predicted octanol–water partition coefficient (Wildman–Crippen LogP) is 3.41. The van der Waals surface area contributed by atoms with E-state index in [0.29, 0.717) is 18.0 Å². The average Bonchev–Trinajstić information content (AvgIpc) is 3.04. The van der Waals surface area contributed by atoms with Crippen LogP contribution in [-0.4, -0.2) is 31.7 Å². The van der Waals surface area contributed by atoms with Crippen LogP contribution in [0.3, 0.4) is 0 Å². The van der Waals surface area contributed by atoms with Gasteiger partial charge in [-0.3, -0.25) is 9.59 Å². The molecule has 1 atom stereocenters. The fourth-order valence-electron chi connectivity index (χ4n) is 2.88. The summed E-state index contributed by atoms with van der Waals surface area (Å²) in [6, 6.07) is 15.0. The first-order chi connectivity index (χ1) is 12.1. The third-order valence-corrected chi connectivity index (χ3v) is 4.99. The zero-order valence-corrected chi connectivity index (χ0v) is 15.0. The first-order valence-corrected chi connectivity index (χ1v) is 9.23. The normalized spacial score (nSPS) is 16.8. The molecule has 1 aliphatic rings. The SMILES string of the molecule is COc1ccccc1NC(=O)C1CC(=O)N(c2ccc(SC)cc2)C1. The molecule has 2 aromatic rings. The van der Waals surface area contributed by atoms with E-state index in [-0.39, 0.29) is 24.2 Å². The lowest BCUT2D eigenvalue weighted by Crippen LogP contribution is -2.28. The number of anilines is 2. The molecule has 6 heteroatoms. The Morgan fingerprint density at radius 3 is 2.60 bits per heavy atom. The quantitative estimate of drug-likeness (QED) is 0.834. The summed E-state index contributed by atoms with van der Waals surface area (Å²) in [5.74, 6) is 0.0282. The van der Waals surface area contributed by atoms with E-state index in [1.807, 2.05) is 42.7 Å². The summed E-state index contributed by atoms with van der Waals surface area (Å²) in [7, 11) is 1.56. The molecular weight excluding hydrogens is 336 g/mol. The maximum absolute atomic E-state index is 12.6. The van der Waals surface area contributed by atoms with Crippen molar-refractivity contribution in [1.82, 2.24) is 0 Å². The highest BCUT2D eigenvalue weighted by Gasteiger charge is 2.35. The molecule has 1 saturated heterocycles. The van der Waals surface area contributed by atoms with Crippen LogP contribution < -0.4 is 15.0 Å². The Bertz CT molecular complexity index is 776. The fourth-order valence-corrected chi connectivity index (χ4v) is 3.29. The van der Waals surface area contributed by atoms with Crippen molar-refractivity contribution in [2.45, 2.75) is 11.3 Å². The number of nitrogens with one attached hydrogen (secondary N) is 1. The second-order valence-electron chi connectivity index (χ2n) is 5.79. The Balaban J connectivity index is 1.70. The molecule has 25 heavy (non-hydrogen) atoms. The third kappa shape index (κ3) is 3.79. The summed E-state index contributed by atoms with van der Waals surface area (Å²) < 4.78 is 5.25. The molecule has 1 aliphatic heterocycles. The van der Waals surface area contributed by atoms with Gasteiger partial charge in [0.05, 0.1) is 18.7 Å². The van der Waals surface area contributed by atoms with Gasteiger partial charge in [-0.2, -0.15) is 0 Å². The van der Waals surface area contributed by atoms with Crippen molar-refractivity contribution in [3.05, 3.63) is 48.5 Å². The summed E-state index contributed by atoms with van der Waals surface area (Å²) in [5, 5.41) is 2.87. The van der Waals surface area contributed by atoms with E-state index in [9.17, 15) is 9.59 Å². The first kappa shape index (κ1) is 17.4. The van der Waals surface area contributed by atoms with E-state index in [0.717, 1.165) is 10.6 Å². The van der Waals surface area contributed by atoms with Gasteiger partial charge in [0.25, 0.3) is 0 Å². The van der Waals surface area contributed by atoms with E-state index in [2.05, 4.69) is 5.32 Å². The van der Waals surface area contributed by atoms with Crippen molar-refractivity contribution in [2.75, 3.05) is 30.1 Å². The topological polar surface area (TPSA) is 58.6 Å². The molecule has 3 rings (SSSR count). The zero-order chi connectivity index (χ0) is 17.8. The number of amides is 2. The average molecular weight is 356 g/mol. The molecule has 0 bridgehead atoms. The Morgan fingerprint density at radius 2 is 1.92 bits per heavy atom. The number of ether oxygens (including phenoxy) is 1. The molecule has 130 valence electrons. The Morgan fingerprint density at radius 1 is 1.20 bits per heavy atom. The molecule has 5 nitrogen and oxygen atoms in total. The van der Waals surface area contributed by atoms with Crippen molar-refractivity contribution < 1.29 is 14.3 Å². The van der Waals surface area contributed by atoms with Crippen LogP contribution in [-0.2, 0) is 9.59 Å². The molecule has 1 N–H and O–H groups in total. The molecule has 0 radical (unpaired) electrons. The van der Waals surface area contributed by atoms with Gasteiger partial charge in [0.2, 0.25) is 11.8 Å². The van der Waals surface area contributed by atoms with E-state index in [1.165, 1.54) is 0 Å². The minimum Gasteiger partial charge on any atom is -0.495 e. The number of methoxy groups -OCH3 is 1. The molecule has 2 amide bonds. The van der Waals surface area contributed by atoms with Crippen LogP contribution >= 0.6 is 11.8 Å². The monoisotopic (exact) mass is 356 g/mol. The number of hydrogen-bond donors (Lipinski definition) is 1. The Kier molecular flexibility index (Phi) is 5.28. The van der Waals surface area contributed by atoms with Crippen molar-refractivity contribution in [3.8, 4) is 5.75 Å². The summed E-state index contributed by atoms with van der Waals surface area (Å²) in [6.45, 7) is 0.387. The first-order valence-electron chi connectivity index (χ1n) is 8.00. The minimum atomic E-state index is -0.377. The van der Waals surface area contributed by atoms with Crippen LogP contribution in [0.4, 0.5) is 11.4 Å². The highest BCUT2D eigenvalue weighted by atomic mass is 32.2. The second-order valence-corrected chi connectivity index (χ2v) is 6.67. The zero-order valence-electron chi connectivity index (χ0n) is 14.2. The fraction of sp³-hybridized carbons (Fsp3) is 0.263. The van der Waals surface area contributed by atoms with Crippen molar-refractivity contribution in [1.29, 1.82) is 0 Å². The largest absolute Gasteiger partial charge is 0.495 e. The molecule has 1 heterocycles. The third-order valence-electron chi connectivity index (χ3n) is 4.24. The van der Waals surface area contributed by atoms with E-state index >= 15 is 0 Å². The number of para-hydroxylation sites is 2. The highest BCUT2D eigenvalue weighted by Crippen LogP contribution is 2.29. The summed E-state index contributed by atoms with van der Waals surface area (Å²) in [4.78, 5) is 27.7. The van der Waals surface area contributed by atoms with Crippen LogP contribution in [0.25, 0.3) is 0 Å². The summed E-state index contributed by atoms with van der Waals surface area (Å²) in [6.07, 6.45) is 2.22. The van der Waals surface area contributed by atoms with Crippen molar-refractivity contribution in [3.63, 3.8) is 0 Å².